The van der Waals surface area contributed by atoms with Crippen molar-refractivity contribution >= 4 is 22.6 Å². The minimum absolute atomic E-state index is 0.0127. The number of carboxylic acid groups (broad SMARTS) is 1. The fraction of sp³-hybridized carbons (Fsp3) is 0.455. The average Bonchev–Trinajstić information content (AvgIpc) is 3.57. The summed E-state index contributed by atoms with van der Waals surface area (Å²) in [6.45, 7) is 1.45. The Kier molecular flexibility index (Phi) is 3.40. The Hall–Kier alpha value is -2.36. The highest BCUT2D eigenvalue weighted by Crippen LogP contribution is 2.60. The zero-order valence-corrected chi connectivity index (χ0v) is 14.7. The number of rotatable bonds is 3. The number of carbonyl (C=O) groups excluding carboxylic acids is 1. The molecule has 4 nitrogen and oxygen atoms in total. The van der Waals surface area contributed by atoms with Crippen LogP contribution in [-0.2, 0) is 9.59 Å². The Morgan fingerprint density at radius 2 is 1.77 bits per heavy atom. The molecule has 3 unspecified atom stereocenters. The summed E-state index contributed by atoms with van der Waals surface area (Å²) in [7, 11) is 0. The van der Waals surface area contributed by atoms with Gasteiger partial charge in [-0.05, 0) is 53.4 Å². The van der Waals surface area contributed by atoms with E-state index in [4.69, 9.17) is 0 Å². The maximum Gasteiger partial charge on any atom is 0.307 e. The predicted molar refractivity (Wildman–Crippen MR) is 98.8 cm³/mol. The lowest BCUT2D eigenvalue weighted by Gasteiger charge is -2.33. The van der Waals surface area contributed by atoms with E-state index < -0.39 is 5.97 Å². The van der Waals surface area contributed by atoms with Crippen molar-refractivity contribution in [2.45, 2.75) is 31.6 Å². The van der Waals surface area contributed by atoms with Crippen molar-refractivity contribution in [2.75, 3.05) is 13.1 Å². The third-order valence-electron chi connectivity index (χ3n) is 6.89. The van der Waals surface area contributed by atoms with Crippen LogP contribution in [0.2, 0.25) is 0 Å². The Morgan fingerprint density at radius 3 is 2.50 bits per heavy atom. The van der Waals surface area contributed by atoms with Gasteiger partial charge in [0.25, 0.3) is 0 Å². The Balaban J connectivity index is 1.26. The van der Waals surface area contributed by atoms with Crippen molar-refractivity contribution in [2.24, 2.45) is 17.3 Å². The van der Waals surface area contributed by atoms with Gasteiger partial charge in [0.15, 0.2) is 0 Å². The van der Waals surface area contributed by atoms with Gasteiger partial charge in [-0.3, -0.25) is 9.59 Å². The van der Waals surface area contributed by atoms with E-state index in [0.29, 0.717) is 5.92 Å². The normalized spacial score (nSPS) is 28.9. The second-order valence-corrected chi connectivity index (χ2v) is 8.30. The van der Waals surface area contributed by atoms with Gasteiger partial charge in [0.05, 0.1) is 5.92 Å². The lowest BCUT2D eigenvalue weighted by molar-refractivity contribution is -0.140. The third-order valence-corrected chi connectivity index (χ3v) is 6.89. The fourth-order valence-corrected chi connectivity index (χ4v) is 5.04. The Morgan fingerprint density at radius 1 is 1.04 bits per heavy atom. The third kappa shape index (κ3) is 2.43. The van der Waals surface area contributed by atoms with E-state index in [0.717, 1.165) is 38.8 Å². The van der Waals surface area contributed by atoms with Gasteiger partial charge in [0.1, 0.15) is 0 Å². The van der Waals surface area contributed by atoms with Gasteiger partial charge < -0.3 is 10.0 Å². The number of hydrogen-bond donors (Lipinski definition) is 1. The summed E-state index contributed by atoms with van der Waals surface area (Å²) in [5, 5.41) is 11.7. The van der Waals surface area contributed by atoms with Crippen molar-refractivity contribution < 1.29 is 14.7 Å². The van der Waals surface area contributed by atoms with E-state index in [-0.39, 0.29) is 23.2 Å². The van der Waals surface area contributed by atoms with E-state index in [1.54, 1.807) is 0 Å². The first-order valence-electron chi connectivity index (χ1n) is 9.58. The molecule has 0 radical (unpaired) electrons. The number of fused-ring (bicyclic) bond motifs is 1. The molecular formula is C22H23NO3. The molecule has 3 fully saturated rings. The monoisotopic (exact) mass is 349 g/mol. The Bertz CT molecular complexity index is 892. The number of likely N-dealkylation sites (tertiary alicyclic amines) is 1. The molecule has 1 saturated heterocycles. The van der Waals surface area contributed by atoms with Crippen LogP contribution in [0.25, 0.3) is 10.8 Å². The first-order chi connectivity index (χ1) is 12.6. The quantitative estimate of drug-likeness (QED) is 0.920. The summed E-state index contributed by atoms with van der Waals surface area (Å²) < 4.78 is 0. The summed E-state index contributed by atoms with van der Waals surface area (Å²) in [5.41, 5.74) is 1.28. The van der Waals surface area contributed by atoms with Crippen molar-refractivity contribution in [1.82, 2.24) is 4.90 Å². The summed E-state index contributed by atoms with van der Waals surface area (Å²) in [6.07, 6.45) is 3.43. The SMILES string of the molecule is O=C(O)C1CC12CCN(C(=O)C1CC1c1cccc3ccccc13)CC2. The second-order valence-electron chi connectivity index (χ2n) is 8.30. The zero-order valence-electron chi connectivity index (χ0n) is 14.7. The molecule has 26 heavy (non-hydrogen) atoms. The highest BCUT2D eigenvalue weighted by molar-refractivity contribution is 5.89. The number of aliphatic carboxylic acids is 1. The van der Waals surface area contributed by atoms with Crippen LogP contribution in [0.5, 0.6) is 0 Å². The van der Waals surface area contributed by atoms with Crippen molar-refractivity contribution in [3.8, 4) is 0 Å². The van der Waals surface area contributed by atoms with Gasteiger partial charge >= 0.3 is 5.97 Å². The van der Waals surface area contributed by atoms with E-state index in [2.05, 4.69) is 36.4 Å². The van der Waals surface area contributed by atoms with Crippen LogP contribution in [0.15, 0.2) is 42.5 Å². The van der Waals surface area contributed by atoms with Gasteiger partial charge in [-0.1, -0.05) is 42.5 Å². The number of carbonyl (C=O) groups is 2. The van der Waals surface area contributed by atoms with Crippen LogP contribution in [0, 0.1) is 17.3 Å². The highest BCUT2D eigenvalue weighted by atomic mass is 16.4. The fourth-order valence-electron chi connectivity index (χ4n) is 5.04. The van der Waals surface area contributed by atoms with Crippen molar-refractivity contribution in [1.29, 1.82) is 0 Å². The molecule has 3 atom stereocenters. The molecule has 5 rings (SSSR count). The van der Waals surface area contributed by atoms with Crippen molar-refractivity contribution in [3.05, 3.63) is 48.0 Å². The maximum atomic E-state index is 12.9. The number of piperidine rings is 1. The second kappa shape index (κ2) is 5.57. The first-order valence-corrected chi connectivity index (χ1v) is 9.58. The van der Waals surface area contributed by atoms with Crippen LogP contribution < -0.4 is 0 Å². The van der Waals surface area contributed by atoms with Crippen LogP contribution >= 0.6 is 0 Å². The molecule has 1 spiro atoms. The first kappa shape index (κ1) is 15.9. The van der Waals surface area contributed by atoms with E-state index in [1.165, 1.54) is 16.3 Å². The molecule has 134 valence electrons. The van der Waals surface area contributed by atoms with Gasteiger partial charge in [-0.2, -0.15) is 0 Å². The maximum absolute atomic E-state index is 12.9. The topological polar surface area (TPSA) is 57.6 Å². The van der Waals surface area contributed by atoms with Gasteiger partial charge in [-0.25, -0.2) is 0 Å². The highest BCUT2D eigenvalue weighted by Gasteiger charge is 2.59. The van der Waals surface area contributed by atoms with Crippen LogP contribution in [0.1, 0.15) is 37.2 Å². The van der Waals surface area contributed by atoms with E-state index in [9.17, 15) is 14.7 Å². The molecule has 1 aliphatic heterocycles. The van der Waals surface area contributed by atoms with Crippen molar-refractivity contribution in [3.63, 3.8) is 0 Å². The summed E-state index contributed by atoms with van der Waals surface area (Å²) in [6, 6.07) is 14.7. The molecule has 1 heterocycles. The zero-order chi connectivity index (χ0) is 17.9. The smallest absolute Gasteiger partial charge is 0.307 e. The molecule has 2 aromatic rings. The van der Waals surface area contributed by atoms with Crippen LogP contribution in [0.4, 0.5) is 0 Å². The van der Waals surface area contributed by atoms with E-state index >= 15 is 0 Å². The molecule has 2 aliphatic carbocycles. The van der Waals surface area contributed by atoms with Gasteiger partial charge in [0, 0.05) is 19.0 Å². The standard InChI is InChI=1S/C22H23NO3/c24-20(23-10-8-22(9-11-23)13-19(22)21(25)26)18-12-17(18)16-7-3-5-14-4-1-2-6-15(14)16/h1-7,17-19H,8-13H2,(H,25,26). The summed E-state index contributed by atoms with van der Waals surface area (Å²) >= 11 is 0. The van der Waals surface area contributed by atoms with E-state index in [1.807, 2.05) is 11.0 Å². The molecule has 2 saturated carbocycles. The van der Waals surface area contributed by atoms with Gasteiger partial charge in [-0.15, -0.1) is 0 Å². The summed E-state index contributed by atoms with van der Waals surface area (Å²) in [4.78, 5) is 26.1. The molecule has 0 bridgehead atoms. The molecule has 4 heteroatoms. The van der Waals surface area contributed by atoms with Crippen LogP contribution in [-0.4, -0.2) is 35.0 Å². The number of amides is 1. The molecule has 0 aromatic heterocycles. The number of nitrogens with zero attached hydrogens (tertiary/aromatic N) is 1. The molecule has 3 aliphatic rings. The van der Waals surface area contributed by atoms with Crippen LogP contribution in [0.3, 0.4) is 0 Å². The molecule has 1 N–H and O–H groups in total. The largest absolute Gasteiger partial charge is 0.481 e. The number of carboxylic acids is 1. The molecule has 1 amide bonds. The minimum atomic E-state index is -0.664. The molecular weight excluding hydrogens is 326 g/mol. The predicted octanol–water partition coefficient (Wildman–Crippen LogP) is 3.66. The summed E-state index contributed by atoms with van der Waals surface area (Å²) in [5.74, 6) is -0.140. The molecule has 2 aromatic carbocycles. The lowest BCUT2D eigenvalue weighted by atomic mass is 9.90. The Labute approximate surface area is 152 Å². The lowest BCUT2D eigenvalue weighted by Crippen LogP contribution is -2.41. The average molecular weight is 349 g/mol. The number of benzene rings is 2. The van der Waals surface area contributed by atoms with Gasteiger partial charge in [0.2, 0.25) is 5.91 Å². The number of hydrogen-bond acceptors (Lipinski definition) is 2. The minimum Gasteiger partial charge on any atom is -0.481 e.